The maximum atomic E-state index is 12.9. The molecule has 0 N–H and O–H groups in total. The Balaban J connectivity index is 4.30. The van der Waals surface area contributed by atoms with E-state index >= 15 is 0 Å². The van der Waals surface area contributed by atoms with Crippen molar-refractivity contribution >= 4 is 17.9 Å². The largest absolute Gasteiger partial charge is 0.462 e. The van der Waals surface area contributed by atoms with Crippen LogP contribution in [0.2, 0.25) is 0 Å². The fourth-order valence-electron chi connectivity index (χ4n) is 8.43. The molecule has 79 heavy (non-hydrogen) atoms. The van der Waals surface area contributed by atoms with Gasteiger partial charge in [-0.25, -0.2) is 0 Å². The van der Waals surface area contributed by atoms with Gasteiger partial charge in [0.05, 0.1) is 0 Å². The molecule has 6 heteroatoms. The lowest BCUT2D eigenvalue weighted by Crippen LogP contribution is -2.30. The number of esters is 3. The lowest BCUT2D eigenvalue weighted by atomic mass is 10.1. The zero-order chi connectivity index (χ0) is 57.1. The highest BCUT2D eigenvalue weighted by Gasteiger charge is 2.19. The lowest BCUT2D eigenvalue weighted by Gasteiger charge is -2.18. The van der Waals surface area contributed by atoms with E-state index in [4.69, 9.17) is 14.2 Å². The second kappa shape index (κ2) is 65.8. The average molecular weight is 1090 g/mol. The van der Waals surface area contributed by atoms with Crippen LogP contribution < -0.4 is 0 Å². The van der Waals surface area contributed by atoms with Crippen LogP contribution >= 0.6 is 0 Å². The molecule has 0 bridgehead atoms. The van der Waals surface area contributed by atoms with Gasteiger partial charge in [0.1, 0.15) is 13.2 Å². The summed E-state index contributed by atoms with van der Waals surface area (Å²) in [5.41, 5.74) is 0. The average Bonchev–Trinajstić information content (AvgIpc) is 3.45. The van der Waals surface area contributed by atoms with Gasteiger partial charge in [-0.2, -0.15) is 0 Å². The zero-order valence-electron chi connectivity index (χ0n) is 51.1. The van der Waals surface area contributed by atoms with Crippen LogP contribution in [0, 0.1) is 0 Å². The third-order valence-electron chi connectivity index (χ3n) is 13.3. The van der Waals surface area contributed by atoms with Crippen molar-refractivity contribution in [2.24, 2.45) is 0 Å². The molecule has 0 fully saturated rings. The number of hydrogen-bond acceptors (Lipinski definition) is 6. The molecule has 0 rings (SSSR count). The highest BCUT2D eigenvalue weighted by molar-refractivity contribution is 5.71. The molecule has 1 atom stereocenters. The molecule has 0 saturated heterocycles. The lowest BCUT2D eigenvalue weighted by molar-refractivity contribution is -0.167. The number of unbranched alkanes of at least 4 members (excludes halogenated alkanes) is 22. The third-order valence-corrected chi connectivity index (χ3v) is 13.3. The summed E-state index contributed by atoms with van der Waals surface area (Å²) in [6.45, 7) is 6.41. The van der Waals surface area contributed by atoms with Crippen LogP contribution in [-0.2, 0) is 28.6 Å². The first kappa shape index (κ1) is 74.3. The second-order valence-electron chi connectivity index (χ2n) is 20.9. The van der Waals surface area contributed by atoms with Crippen LogP contribution in [-0.4, -0.2) is 37.2 Å². The quantitative estimate of drug-likeness (QED) is 0.0261. The summed E-state index contributed by atoms with van der Waals surface area (Å²) in [7, 11) is 0. The zero-order valence-corrected chi connectivity index (χ0v) is 51.1. The Morgan fingerprint density at radius 1 is 0.266 bits per heavy atom. The van der Waals surface area contributed by atoms with E-state index in [9.17, 15) is 14.4 Å². The van der Waals surface area contributed by atoms with Crippen LogP contribution in [0.3, 0.4) is 0 Å². The summed E-state index contributed by atoms with van der Waals surface area (Å²) in [6, 6.07) is 0. The number of rotatable bonds is 57. The molecular weight excluding hydrogens is 973 g/mol. The SMILES string of the molecule is CC/C=C\C/C=C\C/C=C\C/C=C\C/C=C\C/C=C\C/C=C\C/C=C\CCCCCCCCCCC(=O)OCC(COC(=O)CCCCCCC/C=C\C/C=C\CCCC)OC(=O)CCCCCCC/C=C\C/C=C\CCCC. The second-order valence-corrected chi connectivity index (χ2v) is 20.9. The number of hydrogen-bond donors (Lipinski definition) is 0. The van der Waals surface area contributed by atoms with E-state index in [0.29, 0.717) is 19.3 Å². The van der Waals surface area contributed by atoms with E-state index in [1.165, 1.54) is 70.6 Å². The van der Waals surface area contributed by atoms with Crippen LogP contribution in [0.1, 0.15) is 278 Å². The standard InChI is InChI=1S/C73H118O6/c1-4-7-10-13-16-19-22-25-28-29-30-31-32-33-34-35-36-37-38-39-40-41-42-43-44-45-46-49-51-54-57-60-63-66-72(75)78-69-70(79-73(76)67-64-61-58-55-52-48-27-24-21-18-15-12-9-6-3)68-77-71(74)65-62-59-56-53-50-47-26-23-20-17-14-11-8-5-2/h7,10,14-19,23-28,30-31,33-34,36-37,39-40,42-43,70H,4-6,8-9,11-13,20-22,29,32,35,38,41,44-69H2,1-3H3/b10-7-,17-14-,18-15-,19-16-,26-23-,27-24-,28-25-,31-30-,34-33-,37-36-,40-39-,43-42-. The highest BCUT2D eigenvalue weighted by Crippen LogP contribution is 2.14. The number of carbonyl (C=O) groups is 3. The highest BCUT2D eigenvalue weighted by atomic mass is 16.6. The van der Waals surface area contributed by atoms with Crippen LogP contribution in [0.5, 0.6) is 0 Å². The summed E-state index contributed by atoms with van der Waals surface area (Å²) in [4.78, 5) is 38.3. The topological polar surface area (TPSA) is 78.9 Å². The molecule has 0 saturated carbocycles. The maximum absolute atomic E-state index is 12.9. The van der Waals surface area contributed by atoms with Crippen molar-refractivity contribution in [1.82, 2.24) is 0 Å². The van der Waals surface area contributed by atoms with Crippen LogP contribution in [0.25, 0.3) is 0 Å². The maximum Gasteiger partial charge on any atom is 0.306 e. The van der Waals surface area contributed by atoms with E-state index in [-0.39, 0.29) is 31.1 Å². The smallest absolute Gasteiger partial charge is 0.306 e. The van der Waals surface area contributed by atoms with E-state index in [1.54, 1.807) is 0 Å². The van der Waals surface area contributed by atoms with Gasteiger partial charge in [0.2, 0.25) is 0 Å². The van der Waals surface area contributed by atoms with Crippen molar-refractivity contribution in [3.63, 3.8) is 0 Å². The Hall–Kier alpha value is -4.71. The van der Waals surface area contributed by atoms with Gasteiger partial charge >= 0.3 is 17.9 Å². The summed E-state index contributed by atoms with van der Waals surface area (Å²) in [6.07, 6.45) is 94.2. The van der Waals surface area contributed by atoms with Gasteiger partial charge in [0, 0.05) is 19.3 Å². The summed E-state index contributed by atoms with van der Waals surface area (Å²) >= 11 is 0. The molecular formula is C73H118O6. The van der Waals surface area contributed by atoms with Crippen molar-refractivity contribution in [3.8, 4) is 0 Å². The fraction of sp³-hybridized carbons (Fsp3) is 0.630. The number of carbonyl (C=O) groups excluding carboxylic acids is 3. The Kier molecular flexibility index (Phi) is 61.9. The van der Waals surface area contributed by atoms with Crippen LogP contribution in [0.4, 0.5) is 0 Å². The first-order chi connectivity index (χ1) is 39.0. The normalized spacial score (nSPS) is 13.1. The molecule has 0 spiro atoms. The van der Waals surface area contributed by atoms with Crippen molar-refractivity contribution in [1.29, 1.82) is 0 Å². The van der Waals surface area contributed by atoms with Gasteiger partial charge in [-0.05, 0) is 135 Å². The molecule has 0 aromatic rings. The van der Waals surface area contributed by atoms with Gasteiger partial charge < -0.3 is 14.2 Å². The Bertz CT molecular complexity index is 1730. The Morgan fingerprint density at radius 3 is 0.772 bits per heavy atom. The molecule has 6 nitrogen and oxygen atoms in total. The predicted molar refractivity (Wildman–Crippen MR) is 343 cm³/mol. The molecule has 0 radical (unpaired) electrons. The van der Waals surface area contributed by atoms with Gasteiger partial charge in [-0.15, -0.1) is 0 Å². The number of allylic oxidation sites excluding steroid dienone is 24. The number of ether oxygens (including phenoxy) is 3. The molecule has 0 amide bonds. The van der Waals surface area contributed by atoms with Gasteiger partial charge in [0.15, 0.2) is 6.10 Å². The Labute approximate surface area is 487 Å². The minimum absolute atomic E-state index is 0.0968. The first-order valence-electron chi connectivity index (χ1n) is 32.3. The predicted octanol–water partition coefficient (Wildman–Crippen LogP) is 22.3. The molecule has 0 heterocycles. The van der Waals surface area contributed by atoms with Crippen molar-refractivity contribution < 1.29 is 28.6 Å². The van der Waals surface area contributed by atoms with Crippen molar-refractivity contribution in [2.75, 3.05) is 13.2 Å². The van der Waals surface area contributed by atoms with Crippen LogP contribution in [0.15, 0.2) is 146 Å². The Morgan fingerprint density at radius 2 is 0.494 bits per heavy atom. The minimum Gasteiger partial charge on any atom is -0.462 e. The molecule has 0 aliphatic heterocycles. The summed E-state index contributed by atoms with van der Waals surface area (Å²) in [5, 5.41) is 0. The minimum atomic E-state index is -0.800. The summed E-state index contributed by atoms with van der Waals surface area (Å²) < 4.78 is 16.9. The molecule has 0 aliphatic rings. The molecule has 446 valence electrons. The van der Waals surface area contributed by atoms with E-state index in [1.807, 2.05) is 0 Å². The molecule has 0 aromatic carbocycles. The summed E-state index contributed by atoms with van der Waals surface area (Å²) in [5.74, 6) is -0.933. The molecule has 0 aromatic heterocycles. The van der Waals surface area contributed by atoms with Gasteiger partial charge in [0.25, 0.3) is 0 Å². The van der Waals surface area contributed by atoms with Crippen molar-refractivity contribution in [3.05, 3.63) is 146 Å². The van der Waals surface area contributed by atoms with Crippen molar-refractivity contribution in [2.45, 2.75) is 284 Å². The fourth-order valence-corrected chi connectivity index (χ4v) is 8.43. The molecule has 0 aliphatic carbocycles. The third kappa shape index (κ3) is 64.0. The molecule has 1 unspecified atom stereocenters. The van der Waals surface area contributed by atoms with E-state index < -0.39 is 6.10 Å². The van der Waals surface area contributed by atoms with Gasteiger partial charge in [-0.3, -0.25) is 14.4 Å². The van der Waals surface area contributed by atoms with Gasteiger partial charge in [-0.1, -0.05) is 269 Å². The van der Waals surface area contributed by atoms with E-state index in [2.05, 4.69) is 167 Å². The first-order valence-corrected chi connectivity index (χ1v) is 32.3. The monoisotopic (exact) mass is 1090 g/mol. The van der Waals surface area contributed by atoms with E-state index in [0.717, 1.165) is 167 Å².